The molecule has 0 rings (SSSR count). The van der Waals surface area contributed by atoms with E-state index < -0.39 is 10.0 Å². The SMILES string of the molecule is CCC(CBr)NS(=O)(=O)CC(C)(C)C. The largest absolute Gasteiger partial charge is 0.212 e. The average molecular weight is 286 g/mol. The van der Waals surface area contributed by atoms with Gasteiger partial charge < -0.3 is 0 Å². The molecule has 0 spiro atoms. The zero-order valence-corrected chi connectivity index (χ0v) is 11.7. The Balaban J connectivity index is 4.35. The van der Waals surface area contributed by atoms with Crippen molar-refractivity contribution in [1.82, 2.24) is 4.72 Å². The normalized spacial score (nSPS) is 15.5. The fraction of sp³-hybridized carbons (Fsp3) is 1.00. The van der Waals surface area contributed by atoms with Crippen LogP contribution in [0.3, 0.4) is 0 Å². The zero-order chi connectivity index (χ0) is 11.4. The van der Waals surface area contributed by atoms with Crippen LogP contribution in [0, 0.1) is 5.41 Å². The number of nitrogens with one attached hydrogen (secondary N) is 1. The van der Waals surface area contributed by atoms with E-state index in [0.717, 1.165) is 6.42 Å². The second kappa shape index (κ2) is 5.47. The van der Waals surface area contributed by atoms with Crippen LogP contribution in [0.15, 0.2) is 0 Å². The van der Waals surface area contributed by atoms with E-state index in [4.69, 9.17) is 0 Å². The molecule has 0 heterocycles. The predicted octanol–water partition coefficient (Wildman–Crippen LogP) is 2.13. The maximum atomic E-state index is 11.6. The molecule has 0 saturated carbocycles. The van der Waals surface area contributed by atoms with E-state index in [1.807, 2.05) is 27.7 Å². The molecule has 0 radical (unpaired) electrons. The highest BCUT2D eigenvalue weighted by atomic mass is 79.9. The summed E-state index contributed by atoms with van der Waals surface area (Å²) in [6.45, 7) is 7.72. The van der Waals surface area contributed by atoms with Crippen LogP contribution in [0.2, 0.25) is 0 Å². The van der Waals surface area contributed by atoms with Gasteiger partial charge >= 0.3 is 0 Å². The molecule has 0 aromatic heterocycles. The highest BCUT2D eigenvalue weighted by Gasteiger charge is 2.23. The Morgan fingerprint density at radius 3 is 2.14 bits per heavy atom. The summed E-state index contributed by atoms with van der Waals surface area (Å²) in [5.74, 6) is 0.170. The van der Waals surface area contributed by atoms with Crippen molar-refractivity contribution in [2.24, 2.45) is 5.41 Å². The van der Waals surface area contributed by atoms with E-state index in [0.29, 0.717) is 5.33 Å². The third-order valence-corrected chi connectivity index (χ3v) is 4.37. The maximum absolute atomic E-state index is 11.6. The quantitative estimate of drug-likeness (QED) is 0.787. The maximum Gasteiger partial charge on any atom is 0.212 e. The third-order valence-electron chi connectivity index (χ3n) is 1.65. The summed E-state index contributed by atoms with van der Waals surface area (Å²) in [7, 11) is -3.14. The average Bonchev–Trinajstić information content (AvgIpc) is 1.95. The van der Waals surface area contributed by atoms with Crippen molar-refractivity contribution in [3.8, 4) is 0 Å². The van der Waals surface area contributed by atoms with Crippen molar-refractivity contribution in [2.45, 2.75) is 40.2 Å². The molecule has 3 nitrogen and oxygen atoms in total. The van der Waals surface area contributed by atoms with Gasteiger partial charge in [0.25, 0.3) is 0 Å². The lowest BCUT2D eigenvalue weighted by Crippen LogP contribution is -2.39. The van der Waals surface area contributed by atoms with Crippen molar-refractivity contribution in [2.75, 3.05) is 11.1 Å². The molecule has 0 aliphatic rings. The molecule has 5 heteroatoms. The number of hydrogen-bond acceptors (Lipinski definition) is 2. The molecule has 0 saturated heterocycles. The summed E-state index contributed by atoms with van der Waals surface area (Å²) < 4.78 is 26.0. The van der Waals surface area contributed by atoms with Gasteiger partial charge in [0.15, 0.2) is 0 Å². The second-order valence-corrected chi connectivity index (χ2v) is 7.10. The Morgan fingerprint density at radius 2 is 1.86 bits per heavy atom. The van der Waals surface area contributed by atoms with Crippen molar-refractivity contribution >= 4 is 26.0 Å². The van der Waals surface area contributed by atoms with E-state index in [-0.39, 0.29) is 17.2 Å². The molecule has 0 fully saturated rings. The van der Waals surface area contributed by atoms with Gasteiger partial charge in [-0.25, -0.2) is 13.1 Å². The van der Waals surface area contributed by atoms with Crippen molar-refractivity contribution in [3.63, 3.8) is 0 Å². The van der Waals surface area contributed by atoms with E-state index in [1.54, 1.807) is 0 Å². The van der Waals surface area contributed by atoms with E-state index in [2.05, 4.69) is 20.7 Å². The van der Waals surface area contributed by atoms with Crippen LogP contribution < -0.4 is 4.72 Å². The monoisotopic (exact) mass is 285 g/mol. The van der Waals surface area contributed by atoms with Crippen LogP contribution in [0.1, 0.15) is 34.1 Å². The molecule has 1 atom stereocenters. The Labute approximate surface area is 95.8 Å². The highest BCUT2D eigenvalue weighted by Crippen LogP contribution is 2.15. The minimum Gasteiger partial charge on any atom is -0.212 e. The topological polar surface area (TPSA) is 46.2 Å². The van der Waals surface area contributed by atoms with Crippen LogP contribution in [-0.4, -0.2) is 25.5 Å². The first-order chi connectivity index (χ1) is 6.20. The molecule has 1 unspecified atom stereocenters. The van der Waals surface area contributed by atoms with Gasteiger partial charge in [0.1, 0.15) is 0 Å². The number of sulfonamides is 1. The van der Waals surface area contributed by atoms with Gasteiger partial charge in [-0.2, -0.15) is 0 Å². The van der Waals surface area contributed by atoms with Gasteiger partial charge in [-0.1, -0.05) is 43.6 Å². The molecule has 0 aromatic carbocycles. The fourth-order valence-corrected chi connectivity index (χ4v) is 3.90. The molecular weight excluding hydrogens is 266 g/mol. The smallest absolute Gasteiger partial charge is 0.212 e. The minimum absolute atomic E-state index is 0.00218. The lowest BCUT2D eigenvalue weighted by Gasteiger charge is -2.21. The standard InChI is InChI=1S/C9H20BrNO2S/c1-5-8(6-10)11-14(12,13)7-9(2,3)4/h8,11H,5-7H2,1-4H3. The second-order valence-electron chi connectivity index (χ2n) is 4.70. The van der Waals surface area contributed by atoms with Crippen molar-refractivity contribution < 1.29 is 8.42 Å². The first-order valence-electron chi connectivity index (χ1n) is 4.76. The molecule has 0 bridgehead atoms. The summed E-state index contributed by atoms with van der Waals surface area (Å²) in [6.07, 6.45) is 0.800. The van der Waals surface area contributed by atoms with E-state index in [1.165, 1.54) is 0 Å². The van der Waals surface area contributed by atoms with Gasteiger partial charge in [0.05, 0.1) is 5.75 Å². The molecule has 1 N–H and O–H groups in total. The molecule has 14 heavy (non-hydrogen) atoms. The zero-order valence-electron chi connectivity index (χ0n) is 9.30. The Morgan fingerprint density at radius 1 is 1.36 bits per heavy atom. The molecule has 0 aliphatic heterocycles. The van der Waals surface area contributed by atoms with Gasteiger partial charge in [-0.3, -0.25) is 0 Å². The lowest BCUT2D eigenvalue weighted by atomic mass is 10.0. The Bertz CT molecular complexity index is 252. The van der Waals surface area contributed by atoms with Crippen LogP contribution in [0.25, 0.3) is 0 Å². The molecular formula is C9H20BrNO2S. The van der Waals surface area contributed by atoms with Gasteiger partial charge in [-0.05, 0) is 11.8 Å². The summed E-state index contributed by atoms with van der Waals surface area (Å²) in [4.78, 5) is 0. The number of rotatable bonds is 5. The van der Waals surface area contributed by atoms with Crippen LogP contribution >= 0.6 is 15.9 Å². The summed E-state index contributed by atoms with van der Waals surface area (Å²) in [6, 6.07) is 0.00218. The Kier molecular flexibility index (Phi) is 5.62. The highest BCUT2D eigenvalue weighted by molar-refractivity contribution is 9.09. The number of hydrogen-bond donors (Lipinski definition) is 1. The molecule has 0 aliphatic carbocycles. The van der Waals surface area contributed by atoms with E-state index in [9.17, 15) is 8.42 Å². The fourth-order valence-electron chi connectivity index (χ4n) is 1.09. The van der Waals surface area contributed by atoms with Crippen molar-refractivity contribution in [1.29, 1.82) is 0 Å². The number of alkyl halides is 1. The molecule has 0 aromatic rings. The molecule has 86 valence electrons. The Hall–Kier alpha value is 0.390. The molecule has 0 amide bonds. The van der Waals surface area contributed by atoms with Crippen molar-refractivity contribution in [3.05, 3.63) is 0 Å². The number of halogens is 1. The summed E-state index contributed by atoms with van der Waals surface area (Å²) in [5.41, 5.74) is -0.198. The van der Waals surface area contributed by atoms with Gasteiger partial charge in [-0.15, -0.1) is 0 Å². The third kappa shape index (κ3) is 6.79. The van der Waals surface area contributed by atoms with Crippen LogP contribution in [-0.2, 0) is 10.0 Å². The van der Waals surface area contributed by atoms with E-state index >= 15 is 0 Å². The lowest BCUT2D eigenvalue weighted by molar-refractivity contribution is 0.454. The predicted molar refractivity (Wildman–Crippen MR) is 64.3 cm³/mol. The summed E-state index contributed by atoms with van der Waals surface area (Å²) >= 11 is 3.28. The van der Waals surface area contributed by atoms with Gasteiger partial charge in [0, 0.05) is 11.4 Å². The first-order valence-corrected chi connectivity index (χ1v) is 7.53. The van der Waals surface area contributed by atoms with Crippen LogP contribution in [0.5, 0.6) is 0 Å². The first kappa shape index (κ1) is 14.4. The van der Waals surface area contributed by atoms with Gasteiger partial charge in [0.2, 0.25) is 10.0 Å². The minimum atomic E-state index is -3.14. The van der Waals surface area contributed by atoms with Crippen LogP contribution in [0.4, 0.5) is 0 Å². The summed E-state index contributed by atoms with van der Waals surface area (Å²) in [5, 5.41) is 0.660.